The topological polar surface area (TPSA) is 237 Å². The number of ether oxygens (including phenoxy) is 4. The average molecular weight is 1380 g/mol. The molecular formula is C75H146O17P2. The van der Waals surface area contributed by atoms with Crippen LogP contribution in [0.3, 0.4) is 0 Å². The van der Waals surface area contributed by atoms with E-state index < -0.39 is 97.5 Å². The van der Waals surface area contributed by atoms with Crippen molar-refractivity contribution in [3.63, 3.8) is 0 Å². The summed E-state index contributed by atoms with van der Waals surface area (Å²) in [7, 11) is -9.90. The van der Waals surface area contributed by atoms with Crippen LogP contribution in [0.2, 0.25) is 0 Å². The van der Waals surface area contributed by atoms with E-state index in [1.165, 1.54) is 212 Å². The van der Waals surface area contributed by atoms with Gasteiger partial charge in [-0.2, -0.15) is 0 Å². The minimum absolute atomic E-state index is 0.102. The molecule has 19 heteroatoms. The van der Waals surface area contributed by atoms with E-state index in [9.17, 15) is 43.2 Å². The molecule has 0 heterocycles. The van der Waals surface area contributed by atoms with E-state index in [2.05, 4.69) is 34.6 Å². The zero-order valence-corrected chi connectivity index (χ0v) is 62.9. The Morgan fingerprint density at radius 3 is 0.723 bits per heavy atom. The van der Waals surface area contributed by atoms with Crippen LogP contribution in [0.15, 0.2) is 0 Å². The van der Waals surface area contributed by atoms with Gasteiger partial charge in [0.25, 0.3) is 0 Å². The summed E-state index contributed by atoms with van der Waals surface area (Å²) in [5.41, 5.74) is 0. The van der Waals surface area contributed by atoms with Gasteiger partial charge < -0.3 is 33.8 Å². The van der Waals surface area contributed by atoms with E-state index in [1.807, 2.05) is 0 Å². The summed E-state index contributed by atoms with van der Waals surface area (Å²) >= 11 is 0. The molecule has 0 spiro atoms. The Balaban J connectivity index is 5.15. The third kappa shape index (κ3) is 68.6. The van der Waals surface area contributed by atoms with Crippen molar-refractivity contribution >= 4 is 39.5 Å². The first-order valence-corrected chi connectivity index (χ1v) is 42.1. The van der Waals surface area contributed by atoms with Crippen LogP contribution in [0.5, 0.6) is 0 Å². The van der Waals surface area contributed by atoms with Crippen LogP contribution in [-0.4, -0.2) is 96.7 Å². The van der Waals surface area contributed by atoms with Crippen LogP contribution in [-0.2, 0) is 65.4 Å². The molecule has 0 saturated carbocycles. The summed E-state index contributed by atoms with van der Waals surface area (Å²) in [5.74, 6) is -1.45. The number of aliphatic hydroxyl groups is 1. The van der Waals surface area contributed by atoms with Crippen molar-refractivity contribution in [1.29, 1.82) is 0 Å². The molecule has 0 aromatic rings. The standard InChI is InChI=1S/C75H146O17P2/c1-6-9-12-15-18-21-23-25-27-29-30-31-32-33-35-37-39-41-44-50-55-60-74(79)91-70(64-86-73(78)59-54-49-43-40-38-36-34-28-26-24-22-19-16-13-10-7-2)66-89-93(81,82)87-62-69(76)63-88-94(83,84)90-67-71(65-85-72(77)58-53-48-42-20-17-14-11-8-3)92-75(80)61-56-51-46-45-47-52-57-68(4)5/h68-71,76H,6-67H2,1-5H3,(H,81,82)(H,83,84)/t69-,70-,71-/m1/s1. The Labute approximate surface area is 575 Å². The molecule has 17 nitrogen and oxygen atoms in total. The molecule has 0 aromatic heterocycles. The molecular weight excluding hydrogens is 1230 g/mol. The second-order valence-corrected chi connectivity index (χ2v) is 30.4. The van der Waals surface area contributed by atoms with Crippen molar-refractivity contribution in [2.45, 2.75) is 412 Å². The molecule has 94 heavy (non-hydrogen) atoms. The molecule has 0 radical (unpaired) electrons. The maximum Gasteiger partial charge on any atom is 0.472 e. The van der Waals surface area contributed by atoms with Gasteiger partial charge in [0.1, 0.15) is 19.3 Å². The maximum absolute atomic E-state index is 13.1. The monoisotopic (exact) mass is 1380 g/mol. The van der Waals surface area contributed by atoms with Gasteiger partial charge in [-0.05, 0) is 31.6 Å². The predicted octanol–water partition coefficient (Wildman–Crippen LogP) is 22.1. The summed E-state index contributed by atoms with van der Waals surface area (Å²) in [5, 5.41) is 10.6. The molecule has 0 aliphatic carbocycles. The van der Waals surface area contributed by atoms with Gasteiger partial charge in [0.15, 0.2) is 12.2 Å². The third-order valence-corrected chi connectivity index (χ3v) is 19.4. The van der Waals surface area contributed by atoms with Gasteiger partial charge >= 0.3 is 39.5 Å². The van der Waals surface area contributed by atoms with Crippen molar-refractivity contribution in [1.82, 2.24) is 0 Å². The molecule has 5 atom stereocenters. The fraction of sp³-hybridized carbons (Fsp3) is 0.947. The van der Waals surface area contributed by atoms with Gasteiger partial charge in [-0.25, -0.2) is 9.13 Å². The zero-order chi connectivity index (χ0) is 69.1. The Bertz CT molecular complexity index is 1810. The maximum atomic E-state index is 13.1. The first-order chi connectivity index (χ1) is 45.5. The number of esters is 4. The van der Waals surface area contributed by atoms with Crippen LogP contribution in [0.4, 0.5) is 0 Å². The minimum Gasteiger partial charge on any atom is -0.462 e. The van der Waals surface area contributed by atoms with Crippen molar-refractivity contribution in [3.05, 3.63) is 0 Å². The lowest BCUT2D eigenvalue weighted by molar-refractivity contribution is -0.161. The minimum atomic E-state index is -4.95. The van der Waals surface area contributed by atoms with Crippen LogP contribution >= 0.6 is 15.6 Å². The second-order valence-electron chi connectivity index (χ2n) is 27.5. The van der Waals surface area contributed by atoms with Gasteiger partial charge in [0.2, 0.25) is 0 Å². The number of carbonyl (C=O) groups is 4. The Morgan fingerprint density at radius 2 is 0.489 bits per heavy atom. The fourth-order valence-electron chi connectivity index (χ4n) is 11.5. The number of phosphoric ester groups is 2. The second kappa shape index (κ2) is 68.2. The molecule has 0 rings (SSSR count). The first-order valence-electron chi connectivity index (χ1n) is 39.1. The van der Waals surface area contributed by atoms with Crippen LogP contribution in [0.1, 0.15) is 394 Å². The molecule has 0 bridgehead atoms. The number of rotatable bonds is 75. The number of unbranched alkanes of at least 4 members (excludes halogenated alkanes) is 47. The molecule has 0 aromatic carbocycles. The van der Waals surface area contributed by atoms with E-state index in [-0.39, 0.29) is 25.7 Å². The van der Waals surface area contributed by atoms with Crippen molar-refractivity contribution in [2.75, 3.05) is 39.6 Å². The van der Waals surface area contributed by atoms with Crippen molar-refractivity contribution in [3.8, 4) is 0 Å². The number of carbonyl (C=O) groups excluding carboxylic acids is 4. The van der Waals surface area contributed by atoms with Crippen LogP contribution in [0, 0.1) is 5.92 Å². The van der Waals surface area contributed by atoms with Crippen LogP contribution in [0.25, 0.3) is 0 Å². The predicted molar refractivity (Wildman–Crippen MR) is 382 cm³/mol. The fourth-order valence-corrected chi connectivity index (χ4v) is 13.1. The lowest BCUT2D eigenvalue weighted by Crippen LogP contribution is -2.30. The molecule has 0 aliphatic heterocycles. The third-order valence-electron chi connectivity index (χ3n) is 17.5. The molecule has 0 fully saturated rings. The molecule has 0 aliphatic rings. The largest absolute Gasteiger partial charge is 0.472 e. The van der Waals surface area contributed by atoms with Gasteiger partial charge in [0, 0.05) is 25.7 Å². The summed E-state index contributed by atoms with van der Waals surface area (Å²) < 4.78 is 68.3. The Kier molecular flexibility index (Phi) is 66.8. The quantitative estimate of drug-likeness (QED) is 0.0222. The van der Waals surface area contributed by atoms with E-state index in [4.69, 9.17) is 37.0 Å². The highest BCUT2D eigenvalue weighted by molar-refractivity contribution is 7.47. The lowest BCUT2D eigenvalue weighted by atomic mass is 10.0. The number of phosphoric acid groups is 2. The van der Waals surface area contributed by atoms with Gasteiger partial charge in [-0.3, -0.25) is 37.3 Å². The van der Waals surface area contributed by atoms with E-state index >= 15 is 0 Å². The van der Waals surface area contributed by atoms with Crippen molar-refractivity contribution in [2.24, 2.45) is 5.92 Å². The Morgan fingerprint density at radius 1 is 0.287 bits per heavy atom. The van der Waals surface area contributed by atoms with Crippen molar-refractivity contribution < 1.29 is 80.2 Å². The van der Waals surface area contributed by atoms with Gasteiger partial charge in [0.05, 0.1) is 26.4 Å². The SMILES string of the molecule is CCCCCCCCCCCCCCCCCCCCCCCC(=O)O[C@H](COC(=O)CCCCCCCCCCCCCCCCCC)COP(=O)(O)OC[C@@H](O)COP(=O)(O)OC[C@@H](COC(=O)CCCCCCCCCC)OC(=O)CCCCCCCCC(C)C. The highest BCUT2D eigenvalue weighted by Gasteiger charge is 2.30. The number of hydrogen-bond acceptors (Lipinski definition) is 15. The van der Waals surface area contributed by atoms with Gasteiger partial charge in [-0.15, -0.1) is 0 Å². The molecule has 3 N–H and O–H groups in total. The van der Waals surface area contributed by atoms with E-state index in [1.54, 1.807) is 0 Å². The smallest absolute Gasteiger partial charge is 0.462 e. The zero-order valence-electron chi connectivity index (χ0n) is 61.1. The number of aliphatic hydroxyl groups excluding tert-OH is 1. The normalized spacial score (nSPS) is 14.0. The van der Waals surface area contributed by atoms with Crippen LogP contribution < -0.4 is 0 Å². The molecule has 2 unspecified atom stereocenters. The lowest BCUT2D eigenvalue weighted by Gasteiger charge is -2.21. The molecule has 0 saturated heterocycles. The average Bonchev–Trinajstić information content (AvgIpc) is 1.17. The van der Waals surface area contributed by atoms with E-state index in [0.29, 0.717) is 31.6 Å². The molecule has 0 amide bonds. The highest BCUT2D eigenvalue weighted by Crippen LogP contribution is 2.45. The summed E-state index contributed by atoms with van der Waals surface area (Å²) in [6.07, 6.45) is 57.3. The number of hydrogen-bond donors (Lipinski definition) is 3. The highest BCUT2D eigenvalue weighted by atomic mass is 31.2. The van der Waals surface area contributed by atoms with Gasteiger partial charge in [-0.1, -0.05) is 343 Å². The molecule has 558 valence electrons. The summed E-state index contributed by atoms with van der Waals surface area (Å²) in [6.45, 7) is 7.16. The van der Waals surface area contributed by atoms with E-state index in [0.717, 1.165) is 96.3 Å². The summed E-state index contributed by atoms with van der Waals surface area (Å²) in [4.78, 5) is 72.6. The first kappa shape index (κ1) is 92.1. The Hall–Kier alpha value is -1.94. The summed E-state index contributed by atoms with van der Waals surface area (Å²) in [6, 6.07) is 0.